The monoisotopic (exact) mass is 506 g/mol. The summed E-state index contributed by atoms with van der Waals surface area (Å²) in [6.07, 6.45) is 2.88. The van der Waals surface area contributed by atoms with Gasteiger partial charge in [-0.05, 0) is 68.6 Å². The van der Waals surface area contributed by atoms with Crippen molar-refractivity contribution in [2.75, 3.05) is 26.2 Å². The van der Waals surface area contributed by atoms with Gasteiger partial charge in [0.05, 0.1) is 16.6 Å². The van der Waals surface area contributed by atoms with E-state index in [0.717, 1.165) is 43.2 Å². The molecule has 0 unspecified atom stereocenters. The molecule has 1 aromatic heterocycles. The Morgan fingerprint density at radius 2 is 1.76 bits per heavy atom. The fourth-order valence-corrected chi connectivity index (χ4v) is 6.70. The van der Waals surface area contributed by atoms with E-state index in [1.54, 1.807) is 10.6 Å². The van der Waals surface area contributed by atoms with Gasteiger partial charge in [0, 0.05) is 30.7 Å². The summed E-state index contributed by atoms with van der Waals surface area (Å²) >= 11 is 5.92. The molecule has 5 rings (SSSR count). The lowest BCUT2D eigenvalue weighted by atomic mass is 10.0. The van der Waals surface area contributed by atoms with Crippen LogP contribution in [0.3, 0.4) is 0 Å². The minimum Gasteiger partial charge on any atom is -0.305 e. The number of likely N-dealkylation sites (tertiary alicyclic amines) is 1. The molecule has 1 saturated heterocycles. The Hall–Kier alpha value is -2.69. The third kappa shape index (κ3) is 4.03. The highest BCUT2D eigenvalue weighted by Gasteiger charge is 2.40. The van der Waals surface area contributed by atoms with Gasteiger partial charge in [0.15, 0.2) is 0 Å². The summed E-state index contributed by atoms with van der Waals surface area (Å²) in [7, 11) is -3.82. The zero-order valence-electron chi connectivity index (χ0n) is 18.3. The van der Waals surface area contributed by atoms with Crippen molar-refractivity contribution in [3.05, 3.63) is 63.3 Å². The number of amides is 1. The molecule has 2 aliphatic rings. The van der Waals surface area contributed by atoms with Gasteiger partial charge < -0.3 is 9.88 Å². The average molecular weight is 507 g/mol. The van der Waals surface area contributed by atoms with Crippen LogP contribution in [0, 0.1) is 5.82 Å². The fraction of sp³-hybridized carbons (Fsp3) is 0.391. The lowest BCUT2D eigenvalue weighted by Gasteiger charge is -2.32. The van der Waals surface area contributed by atoms with Gasteiger partial charge >= 0.3 is 5.69 Å². The zero-order valence-corrected chi connectivity index (χ0v) is 19.9. The molecule has 0 atom stereocenters. The number of hydrogen-bond acceptors (Lipinski definition) is 5. The highest BCUT2D eigenvalue weighted by atomic mass is 35.5. The van der Waals surface area contributed by atoms with Crippen LogP contribution < -0.4 is 5.69 Å². The second kappa shape index (κ2) is 8.83. The second-order valence-corrected chi connectivity index (χ2v) is 11.0. The van der Waals surface area contributed by atoms with Crippen LogP contribution in [-0.2, 0) is 10.0 Å². The van der Waals surface area contributed by atoms with Crippen LogP contribution in [0.15, 0.2) is 46.1 Å². The Labute approximate surface area is 201 Å². The summed E-state index contributed by atoms with van der Waals surface area (Å²) in [6, 6.07) is 8.62. The molecule has 2 aliphatic heterocycles. The highest BCUT2D eigenvalue weighted by molar-refractivity contribution is 7.90. The van der Waals surface area contributed by atoms with Gasteiger partial charge in [-0.15, -0.1) is 0 Å². The number of nitrogens with zero attached hydrogens (tertiary/aromatic N) is 3. The zero-order chi connectivity index (χ0) is 24.0. The van der Waals surface area contributed by atoms with Crippen LogP contribution in [-0.4, -0.2) is 59.3 Å². The van der Waals surface area contributed by atoms with Crippen molar-refractivity contribution in [1.82, 2.24) is 18.8 Å². The number of H-pyrrole nitrogens is 1. The lowest BCUT2D eigenvalue weighted by Crippen LogP contribution is -2.37. The van der Waals surface area contributed by atoms with E-state index in [1.807, 2.05) is 0 Å². The van der Waals surface area contributed by atoms with E-state index in [0.29, 0.717) is 22.5 Å². The molecule has 0 bridgehead atoms. The lowest BCUT2D eigenvalue weighted by molar-refractivity contribution is 0.0868. The number of benzene rings is 2. The van der Waals surface area contributed by atoms with Crippen molar-refractivity contribution in [3.8, 4) is 0 Å². The molecule has 0 aliphatic carbocycles. The Balaban J connectivity index is 1.14. The first-order chi connectivity index (χ1) is 16.3. The summed E-state index contributed by atoms with van der Waals surface area (Å²) < 4.78 is 41.5. The molecule has 1 fully saturated rings. The molecular formula is C23H24ClFN4O4S. The predicted molar refractivity (Wildman–Crippen MR) is 126 cm³/mol. The number of halogens is 2. The topological polar surface area (TPSA) is 95.5 Å². The third-order valence-corrected chi connectivity index (χ3v) is 8.73. The minimum absolute atomic E-state index is 0.0132. The number of rotatable bonds is 6. The van der Waals surface area contributed by atoms with Crippen molar-refractivity contribution in [3.63, 3.8) is 0 Å². The van der Waals surface area contributed by atoms with Gasteiger partial charge in [0.2, 0.25) is 0 Å². The Morgan fingerprint density at radius 1 is 1.03 bits per heavy atom. The van der Waals surface area contributed by atoms with E-state index >= 15 is 0 Å². The smallest absolute Gasteiger partial charge is 0.305 e. The van der Waals surface area contributed by atoms with Gasteiger partial charge in [0.1, 0.15) is 10.7 Å². The van der Waals surface area contributed by atoms with Crippen molar-refractivity contribution in [1.29, 1.82) is 0 Å². The number of aromatic amines is 1. The Bertz CT molecular complexity index is 1430. The third-order valence-electron chi connectivity index (χ3n) is 6.65. The van der Waals surface area contributed by atoms with E-state index in [-0.39, 0.29) is 34.6 Å². The molecule has 11 heteroatoms. The Kier molecular flexibility index (Phi) is 5.99. The molecule has 0 spiro atoms. The van der Waals surface area contributed by atoms with Gasteiger partial charge in [-0.25, -0.2) is 21.9 Å². The standard InChI is InChI=1S/C23H24ClFN4O4S/c24-15-3-6-21-18(13-15)22(30)28(34(21,32)33)10-2-1-9-27-11-7-17(8-12-27)29-20-5-4-16(25)14-19(20)26-23(29)31/h3-6,13-14,17H,1-2,7-12H2,(H,26,31). The normalized spacial score (nSPS) is 18.6. The van der Waals surface area contributed by atoms with Crippen molar-refractivity contribution in [2.24, 2.45) is 0 Å². The summed E-state index contributed by atoms with van der Waals surface area (Å²) in [5.74, 6) is -0.908. The molecule has 34 heavy (non-hydrogen) atoms. The van der Waals surface area contributed by atoms with E-state index in [1.165, 1.54) is 30.3 Å². The molecule has 1 amide bonds. The minimum atomic E-state index is -3.82. The quantitative estimate of drug-likeness (QED) is 0.517. The van der Waals surface area contributed by atoms with Gasteiger partial charge in [0.25, 0.3) is 15.9 Å². The fourth-order valence-electron chi connectivity index (χ4n) is 4.94. The molecule has 3 heterocycles. The van der Waals surface area contributed by atoms with Crippen LogP contribution in [0.2, 0.25) is 5.02 Å². The van der Waals surface area contributed by atoms with Crippen molar-refractivity contribution < 1.29 is 17.6 Å². The first kappa shape index (κ1) is 23.1. The van der Waals surface area contributed by atoms with Crippen LogP contribution in [0.5, 0.6) is 0 Å². The first-order valence-corrected chi connectivity index (χ1v) is 13.1. The number of nitrogens with one attached hydrogen (secondary N) is 1. The molecular weight excluding hydrogens is 483 g/mol. The number of imidazole rings is 1. The number of fused-ring (bicyclic) bond motifs is 2. The van der Waals surface area contributed by atoms with E-state index < -0.39 is 15.9 Å². The molecule has 2 aromatic carbocycles. The van der Waals surface area contributed by atoms with Gasteiger partial charge in [-0.1, -0.05) is 11.6 Å². The average Bonchev–Trinajstić information content (AvgIpc) is 3.21. The van der Waals surface area contributed by atoms with Crippen LogP contribution in [0.1, 0.15) is 42.1 Å². The maximum Gasteiger partial charge on any atom is 0.326 e. The Morgan fingerprint density at radius 3 is 2.53 bits per heavy atom. The second-order valence-electron chi connectivity index (χ2n) is 8.76. The molecule has 180 valence electrons. The molecule has 8 nitrogen and oxygen atoms in total. The van der Waals surface area contributed by atoms with E-state index in [9.17, 15) is 22.4 Å². The molecule has 1 N–H and O–H groups in total. The van der Waals surface area contributed by atoms with E-state index in [2.05, 4.69) is 9.88 Å². The van der Waals surface area contributed by atoms with Gasteiger partial charge in [-0.2, -0.15) is 0 Å². The largest absolute Gasteiger partial charge is 0.326 e. The summed E-state index contributed by atoms with van der Waals surface area (Å²) in [5.41, 5.74) is 1.12. The number of aromatic nitrogens is 2. The number of sulfonamides is 1. The van der Waals surface area contributed by atoms with Gasteiger partial charge in [-0.3, -0.25) is 9.36 Å². The number of unbranched alkanes of at least 4 members (excludes halogenated alkanes) is 1. The van der Waals surface area contributed by atoms with E-state index in [4.69, 9.17) is 11.6 Å². The maximum atomic E-state index is 13.5. The maximum absolute atomic E-state index is 13.5. The highest BCUT2D eigenvalue weighted by Crippen LogP contribution is 2.32. The molecule has 3 aromatic rings. The van der Waals surface area contributed by atoms with Crippen LogP contribution in [0.4, 0.5) is 4.39 Å². The summed E-state index contributed by atoms with van der Waals surface area (Å²) in [6.45, 7) is 2.51. The van der Waals surface area contributed by atoms with Crippen LogP contribution in [0.25, 0.3) is 11.0 Å². The molecule has 0 radical (unpaired) electrons. The van der Waals surface area contributed by atoms with Crippen LogP contribution >= 0.6 is 11.6 Å². The first-order valence-electron chi connectivity index (χ1n) is 11.2. The number of carbonyl (C=O) groups excluding carboxylic acids is 1. The predicted octanol–water partition coefficient (Wildman–Crippen LogP) is 3.38. The number of piperidine rings is 1. The summed E-state index contributed by atoms with van der Waals surface area (Å²) in [4.78, 5) is 30.0. The summed E-state index contributed by atoms with van der Waals surface area (Å²) in [5, 5.41) is 0.328. The SMILES string of the molecule is O=C1c2cc(Cl)ccc2S(=O)(=O)N1CCCCN1CCC(n2c(=O)[nH]c3cc(F)ccc32)CC1. The number of hydrogen-bond donors (Lipinski definition) is 1. The molecule has 0 saturated carbocycles. The van der Waals surface area contributed by atoms with Crippen molar-refractivity contribution >= 4 is 38.6 Å². The number of carbonyl (C=O) groups is 1. The van der Waals surface area contributed by atoms with Crippen molar-refractivity contribution in [2.45, 2.75) is 36.6 Å².